The number of hydrogen-bond donors (Lipinski definition) is 1. The van der Waals surface area contributed by atoms with Crippen molar-refractivity contribution in [2.24, 2.45) is 0 Å². The fraction of sp³-hybridized carbons (Fsp3) is 0.250. The number of pyridine rings is 1. The number of fused-ring (bicyclic) bond motifs is 1. The van der Waals surface area contributed by atoms with Crippen LogP contribution >= 0.6 is 0 Å². The highest BCUT2D eigenvalue weighted by atomic mass is 16.2. The lowest BCUT2D eigenvalue weighted by molar-refractivity contribution is 0.0776. The van der Waals surface area contributed by atoms with Gasteiger partial charge in [0.25, 0.3) is 5.91 Å². The maximum atomic E-state index is 12.5. The van der Waals surface area contributed by atoms with Gasteiger partial charge in [0.15, 0.2) is 0 Å². The standard InChI is InChI=1S/C24H25N3O/c1-2-3-13-27-17-19-14-21(9-10-23(19)24(27)28)26-16-20-15-25-12-11-22(20)18-7-5-4-6-8-18/h4-12,14-15,26H,2-3,13,16-17H2,1H3. The predicted octanol–water partition coefficient (Wildman–Crippen LogP) is 5.12. The van der Waals surface area contributed by atoms with Crippen LogP contribution in [-0.2, 0) is 13.1 Å². The molecule has 142 valence electrons. The van der Waals surface area contributed by atoms with Crippen molar-refractivity contribution in [3.63, 3.8) is 0 Å². The van der Waals surface area contributed by atoms with Gasteiger partial charge in [-0.15, -0.1) is 0 Å². The summed E-state index contributed by atoms with van der Waals surface area (Å²) in [5, 5.41) is 3.50. The summed E-state index contributed by atoms with van der Waals surface area (Å²) in [6.07, 6.45) is 5.90. The number of rotatable bonds is 7. The third kappa shape index (κ3) is 3.77. The fourth-order valence-corrected chi connectivity index (χ4v) is 3.69. The van der Waals surface area contributed by atoms with Crippen LogP contribution in [0.4, 0.5) is 5.69 Å². The summed E-state index contributed by atoms with van der Waals surface area (Å²) in [5.74, 6) is 0.161. The number of unbranched alkanes of at least 4 members (excludes halogenated alkanes) is 1. The van der Waals surface area contributed by atoms with Gasteiger partial charge in [-0.05, 0) is 52.9 Å². The van der Waals surface area contributed by atoms with E-state index in [-0.39, 0.29) is 5.91 Å². The molecule has 28 heavy (non-hydrogen) atoms. The number of hydrogen-bond acceptors (Lipinski definition) is 3. The van der Waals surface area contributed by atoms with Crippen molar-refractivity contribution in [3.05, 3.63) is 83.7 Å². The van der Waals surface area contributed by atoms with E-state index in [2.05, 4.69) is 53.6 Å². The van der Waals surface area contributed by atoms with Crippen LogP contribution in [0, 0.1) is 0 Å². The molecule has 1 aromatic heterocycles. The van der Waals surface area contributed by atoms with E-state index < -0.39 is 0 Å². The Bertz CT molecular complexity index is 969. The van der Waals surface area contributed by atoms with E-state index in [0.29, 0.717) is 13.1 Å². The van der Waals surface area contributed by atoms with Crippen molar-refractivity contribution >= 4 is 11.6 Å². The highest BCUT2D eigenvalue weighted by Gasteiger charge is 2.26. The average Bonchev–Trinajstić information content (AvgIpc) is 3.06. The summed E-state index contributed by atoms with van der Waals surface area (Å²) >= 11 is 0. The van der Waals surface area contributed by atoms with E-state index in [1.165, 1.54) is 11.1 Å². The number of aromatic nitrogens is 1. The molecule has 2 heterocycles. The Balaban J connectivity index is 1.49. The first-order chi connectivity index (χ1) is 13.8. The van der Waals surface area contributed by atoms with Gasteiger partial charge in [0.1, 0.15) is 0 Å². The second kappa shape index (κ2) is 8.26. The highest BCUT2D eigenvalue weighted by molar-refractivity contribution is 5.98. The van der Waals surface area contributed by atoms with Crippen LogP contribution in [0.15, 0.2) is 67.0 Å². The van der Waals surface area contributed by atoms with Gasteiger partial charge < -0.3 is 10.2 Å². The van der Waals surface area contributed by atoms with Crippen molar-refractivity contribution < 1.29 is 4.79 Å². The second-order valence-corrected chi connectivity index (χ2v) is 7.20. The van der Waals surface area contributed by atoms with E-state index in [1.807, 2.05) is 35.5 Å². The smallest absolute Gasteiger partial charge is 0.254 e. The first kappa shape index (κ1) is 18.2. The number of amides is 1. The van der Waals surface area contributed by atoms with E-state index >= 15 is 0 Å². The van der Waals surface area contributed by atoms with Gasteiger partial charge in [0, 0.05) is 43.3 Å². The van der Waals surface area contributed by atoms with Gasteiger partial charge in [-0.1, -0.05) is 43.7 Å². The van der Waals surface area contributed by atoms with Gasteiger partial charge >= 0.3 is 0 Å². The molecule has 0 saturated heterocycles. The van der Waals surface area contributed by atoms with Crippen LogP contribution in [0.2, 0.25) is 0 Å². The Kier molecular flexibility index (Phi) is 5.38. The maximum absolute atomic E-state index is 12.5. The molecule has 4 rings (SSSR count). The van der Waals surface area contributed by atoms with Crippen LogP contribution in [-0.4, -0.2) is 22.3 Å². The topological polar surface area (TPSA) is 45.2 Å². The minimum atomic E-state index is 0.161. The molecule has 0 bridgehead atoms. The molecule has 2 aromatic carbocycles. The third-order valence-corrected chi connectivity index (χ3v) is 5.24. The summed E-state index contributed by atoms with van der Waals surface area (Å²) in [7, 11) is 0. The summed E-state index contributed by atoms with van der Waals surface area (Å²) < 4.78 is 0. The SMILES string of the molecule is CCCCN1Cc2cc(NCc3cnccc3-c3ccccc3)ccc2C1=O. The van der Waals surface area contributed by atoms with Crippen molar-refractivity contribution in [2.45, 2.75) is 32.9 Å². The number of nitrogens with one attached hydrogen (secondary N) is 1. The summed E-state index contributed by atoms with van der Waals surface area (Å²) in [6, 6.07) is 18.5. The van der Waals surface area contributed by atoms with Gasteiger partial charge in [0.05, 0.1) is 0 Å². The zero-order valence-electron chi connectivity index (χ0n) is 16.2. The molecular weight excluding hydrogens is 346 g/mol. The van der Waals surface area contributed by atoms with Crippen LogP contribution in [0.3, 0.4) is 0 Å². The molecule has 0 atom stereocenters. The van der Waals surface area contributed by atoms with Gasteiger partial charge in [-0.3, -0.25) is 9.78 Å². The van der Waals surface area contributed by atoms with Crippen molar-refractivity contribution in [3.8, 4) is 11.1 Å². The quantitative estimate of drug-likeness (QED) is 0.627. The molecule has 1 N–H and O–H groups in total. The monoisotopic (exact) mass is 371 g/mol. The molecule has 0 spiro atoms. The average molecular weight is 371 g/mol. The molecular formula is C24H25N3O. The molecule has 1 amide bonds. The number of anilines is 1. The zero-order chi connectivity index (χ0) is 19.3. The number of carbonyl (C=O) groups is 1. The van der Waals surface area contributed by atoms with E-state index in [9.17, 15) is 4.79 Å². The number of nitrogens with zero attached hydrogens (tertiary/aromatic N) is 2. The largest absolute Gasteiger partial charge is 0.381 e. The predicted molar refractivity (Wildman–Crippen MR) is 113 cm³/mol. The minimum absolute atomic E-state index is 0.161. The highest BCUT2D eigenvalue weighted by Crippen LogP contribution is 2.27. The molecule has 0 unspecified atom stereocenters. The lowest BCUT2D eigenvalue weighted by atomic mass is 10.0. The Hall–Kier alpha value is -3.14. The Morgan fingerprint density at radius 2 is 1.93 bits per heavy atom. The molecule has 0 radical (unpaired) electrons. The first-order valence-corrected chi connectivity index (χ1v) is 9.90. The van der Waals surface area contributed by atoms with Crippen LogP contribution in [0.5, 0.6) is 0 Å². The summed E-state index contributed by atoms with van der Waals surface area (Å²) in [4.78, 5) is 18.7. The Morgan fingerprint density at radius 3 is 2.75 bits per heavy atom. The molecule has 0 saturated carbocycles. The zero-order valence-corrected chi connectivity index (χ0v) is 16.2. The van der Waals surface area contributed by atoms with Crippen molar-refractivity contribution in [1.82, 2.24) is 9.88 Å². The molecule has 0 aliphatic carbocycles. The van der Waals surface area contributed by atoms with Gasteiger partial charge in [0.2, 0.25) is 0 Å². The van der Waals surface area contributed by atoms with Gasteiger partial charge in [-0.25, -0.2) is 0 Å². The molecule has 4 nitrogen and oxygen atoms in total. The van der Waals surface area contributed by atoms with E-state index in [0.717, 1.165) is 41.8 Å². The van der Waals surface area contributed by atoms with Crippen molar-refractivity contribution in [1.29, 1.82) is 0 Å². The van der Waals surface area contributed by atoms with Gasteiger partial charge in [-0.2, -0.15) is 0 Å². The fourth-order valence-electron chi connectivity index (χ4n) is 3.69. The molecule has 1 aliphatic heterocycles. The van der Waals surface area contributed by atoms with Crippen LogP contribution in [0.1, 0.15) is 41.3 Å². The molecule has 3 aromatic rings. The first-order valence-electron chi connectivity index (χ1n) is 9.90. The van der Waals surface area contributed by atoms with E-state index in [1.54, 1.807) is 0 Å². The second-order valence-electron chi connectivity index (χ2n) is 7.20. The van der Waals surface area contributed by atoms with Crippen LogP contribution < -0.4 is 5.32 Å². The lowest BCUT2D eigenvalue weighted by Crippen LogP contribution is -2.24. The number of carbonyl (C=O) groups excluding carboxylic acids is 1. The van der Waals surface area contributed by atoms with E-state index in [4.69, 9.17) is 0 Å². The minimum Gasteiger partial charge on any atom is -0.381 e. The molecule has 1 aliphatic rings. The number of benzene rings is 2. The lowest BCUT2D eigenvalue weighted by Gasteiger charge is -2.14. The Labute approximate surface area is 166 Å². The maximum Gasteiger partial charge on any atom is 0.254 e. The normalized spacial score (nSPS) is 12.9. The Morgan fingerprint density at radius 1 is 1.07 bits per heavy atom. The molecule has 4 heteroatoms. The van der Waals surface area contributed by atoms with Crippen LogP contribution in [0.25, 0.3) is 11.1 Å². The molecule has 0 fully saturated rings. The third-order valence-electron chi connectivity index (χ3n) is 5.24. The summed E-state index contributed by atoms with van der Waals surface area (Å²) in [6.45, 7) is 4.39. The van der Waals surface area contributed by atoms with Crippen molar-refractivity contribution in [2.75, 3.05) is 11.9 Å². The summed E-state index contributed by atoms with van der Waals surface area (Å²) in [5.41, 5.74) is 6.51.